The lowest BCUT2D eigenvalue weighted by Gasteiger charge is -2.03. The Morgan fingerprint density at radius 2 is 2.46 bits per heavy atom. The molecule has 0 radical (unpaired) electrons. The summed E-state index contributed by atoms with van der Waals surface area (Å²) >= 11 is 1.41. The van der Waals surface area contributed by atoms with Gasteiger partial charge in [0.1, 0.15) is 5.76 Å². The van der Waals surface area contributed by atoms with E-state index in [0.717, 1.165) is 17.0 Å². The molecule has 4 heteroatoms. The first kappa shape index (κ1) is 8.47. The standard InChI is InChI=1S/C9H10N2OS/c1-6-4-7(5-12-6)9(10)8-2-3-13-11-8/h2-5,9H,10H2,1H3. The van der Waals surface area contributed by atoms with Crippen LogP contribution in [0.5, 0.6) is 0 Å². The van der Waals surface area contributed by atoms with Crippen LogP contribution >= 0.6 is 11.5 Å². The van der Waals surface area contributed by atoms with Crippen LogP contribution in [-0.4, -0.2) is 4.37 Å². The molecule has 2 N–H and O–H groups in total. The summed E-state index contributed by atoms with van der Waals surface area (Å²) in [7, 11) is 0. The van der Waals surface area contributed by atoms with Gasteiger partial charge in [0.05, 0.1) is 18.0 Å². The van der Waals surface area contributed by atoms with Crippen LogP contribution in [0, 0.1) is 6.92 Å². The van der Waals surface area contributed by atoms with Crippen molar-refractivity contribution in [3.05, 3.63) is 40.8 Å². The zero-order valence-corrected chi connectivity index (χ0v) is 8.04. The van der Waals surface area contributed by atoms with Gasteiger partial charge in [-0.2, -0.15) is 4.37 Å². The van der Waals surface area contributed by atoms with Gasteiger partial charge in [-0.1, -0.05) is 0 Å². The van der Waals surface area contributed by atoms with E-state index in [1.54, 1.807) is 6.26 Å². The normalized spacial score (nSPS) is 13.1. The molecule has 0 aliphatic rings. The number of furan rings is 1. The molecular formula is C9H10N2OS. The van der Waals surface area contributed by atoms with Gasteiger partial charge in [0.25, 0.3) is 0 Å². The highest BCUT2D eigenvalue weighted by atomic mass is 32.1. The minimum absolute atomic E-state index is 0.163. The van der Waals surface area contributed by atoms with E-state index in [9.17, 15) is 0 Å². The smallest absolute Gasteiger partial charge is 0.101 e. The SMILES string of the molecule is Cc1cc(C(N)c2ccsn2)co1. The average Bonchev–Trinajstić information content (AvgIpc) is 2.72. The lowest BCUT2D eigenvalue weighted by atomic mass is 10.1. The van der Waals surface area contributed by atoms with Crippen LogP contribution in [0.1, 0.15) is 23.1 Å². The number of rotatable bonds is 2. The summed E-state index contributed by atoms with van der Waals surface area (Å²) in [4.78, 5) is 0. The van der Waals surface area contributed by atoms with Crippen LogP contribution in [0.2, 0.25) is 0 Å². The Kier molecular flexibility index (Phi) is 2.16. The maximum Gasteiger partial charge on any atom is 0.101 e. The highest BCUT2D eigenvalue weighted by molar-refractivity contribution is 7.03. The van der Waals surface area contributed by atoms with Crippen molar-refractivity contribution in [2.24, 2.45) is 5.73 Å². The predicted molar refractivity (Wildman–Crippen MR) is 51.6 cm³/mol. The first-order valence-electron chi connectivity index (χ1n) is 3.98. The summed E-state index contributed by atoms with van der Waals surface area (Å²) in [5, 5.41) is 1.92. The molecule has 0 aromatic carbocycles. The maximum absolute atomic E-state index is 5.96. The van der Waals surface area contributed by atoms with Crippen molar-refractivity contribution in [1.82, 2.24) is 4.37 Å². The van der Waals surface area contributed by atoms with Crippen molar-refractivity contribution in [2.45, 2.75) is 13.0 Å². The first-order valence-corrected chi connectivity index (χ1v) is 4.82. The second kappa shape index (κ2) is 3.32. The molecule has 0 saturated carbocycles. The van der Waals surface area contributed by atoms with Crippen LogP contribution in [0.3, 0.4) is 0 Å². The van der Waals surface area contributed by atoms with E-state index in [0.29, 0.717) is 0 Å². The minimum Gasteiger partial charge on any atom is -0.469 e. The Bertz CT molecular complexity index is 380. The van der Waals surface area contributed by atoms with Crippen molar-refractivity contribution >= 4 is 11.5 Å². The molecule has 1 atom stereocenters. The first-order chi connectivity index (χ1) is 6.27. The van der Waals surface area contributed by atoms with Gasteiger partial charge in [0, 0.05) is 10.9 Å². The van der Waals surface area contributed by atoms with Gasteiger partial charge in [-0.3, -0.25) is 0 Å². The molecule has 0 aliphatic heterocycles. The van der Waals surface area contributed by atoms with Crippen LogP contribution in [-0.2, 0) is 0 Å². The molecule has 0 saturated heterocycles. The Morgan fingerprint density at radius 3 is 3.00 bits per heavy atom. The lowest BCUT2D eigenvalue weighted by molar-refractivity contribution is 0.530. The number of nitrogens with two attached hydrogens (primary N) is 1. The molecule has 2 rings (SSSR count). The summed E-state index contributed by atoms with van der Waals surface area (Å²) < 4.78 is 9.36. The molecule has 0 amide bonds. The van der Waals surface area contributed by atoms with Gasteiger partial charge in [0.15, 0.2) is 0 Å². The lowest BCUT2D eigenvalue weighted by Crippen LogP contribution is -2.10. The minimum atomic E-state index is -0.163. The third-order valence-electron chi connectivity index (χ3n) is 1.89. The highest BCUT2D eigenvalue weighted by Gasteiger charge is 2.12. The third-order valence-corrected chi connectivity index (χ3v) is 2.46. The number of hydrogen-bond donors (Lipinski definition) is 1. The van der Waals surface area contributed by atoms with Crippen molar-refractivity contribution in [3.63, 3.8) is 0 Å². The van der Waals surface area contributed by atoms with Crippen molar-refractivity contribution < 1.29 is 4.42 Å². The zero-order chi connectivity index (χ0) is 9.26. The predicted octanol–water partition coefficient (Wildman–Crippen LogP) is 2.09. The van der Waals surface area contributed by atoms with Gasteiger partial charge in [-0.05, 0) is 30.6 Å². The average molecular weight is 194 g/mol. The van der Waals surface area contributed by atoms with E-state index in [2.05, 4.69) is 4.37 Å². The zero-order valence-electron chi connectivity index (χ0n) is 7.23. The number of nitrogens with zero attached hydrogens (tertiary/aromatic N) is 1. The van der Waals surface area contributed by atoms with Gasteiger partial charge in [-0.25, -0.2) is 0 Å². The third kappa shape index (κ3) is 1.64. The molecule has 13 heavy (non-hydrogen) atoms. The molecule has 2 heterocycles. The molecule has 0 aliphatic carbocycles. The Balaban J connectivity index is 2.28. The Morgan fingerprint density at radius 1 is 1.62 bits per heavy atom. The van der Waals surface area contributed by atoms with Crippen LogP contribution < -0.4 is 5.73 Å². The summed E-state index contributed by atoms with van der Waals surface area (Å²) in [6.45, 7) is 1.90. The maximum atomic E-state index is 5.96. The summed E-state index contributed by atoms with van der Waals surface area (Å²) in [6.07, 6.45) is 1.68. The molecule has 68 valence electrons. The number of aryl methyl sites for hydroxylation is 1. The molecule has 3 nitrogen and oxygen atoms in total. The van der Waals surface area contributed by atoms with Gasteiger partial charge in [-0.15, -0.1) is 0 Å². The van der Waals surface area contributed by atoms with E-state index in [1.165, 1.54) is 11.5 Å². The second-order valence-corrected chi connectivity index (χ2v) is 3.56. The quantitative estimate of drug-likeness (QED) is 0.796. The van der Waals surface area contributed by atoms with E-state index in [-0.39, 0.29) is 6.04 Å². The molecule has 0 bridgehead atoms. The molecule has 0 spiro atoms. The van der Waals surface area contributed by atoms with Crippen molar-refractivity contribution in [1.29, 1.82) is 0 Å². The molecular weight excluding hydrogens is 184 g/mol. The van der Waals surface area contributed by atoms with Gasteiger partial charge < -0.3 is 10.2 Å². The van der Waals surface area contributed by atoms with E-state index in [4.69, 9.17) is 10.2 Å². The topological polar surface area (TPSA) is 52.0 Å². The van der Waals surface area contributed by atoms with Gasteiger partial charge in [0.2, 0.25) is 0 Å². The fraction of sp³-hybridized carbons (Fsp3) is 0.222. The number of hydrogen-bond acceptors (Lipinski definition) is 4. The Labute approximate surface area is 80.4 Å². The molecule has 2 aromatic rings. The van der Waals surface area contributed by atoms with Crippen LogP contribution in [0.15, 0.2) is 28.2 Å². The fourth-order valence-corrected chi connectivity index (χ4v) is 1.74. The van der Waals surface area contributed by atoms with E-state index in [1.807, 2.05) is 24.4 Å². The molecule has 2 aromatic heterocycles. The van der Waals surface area contributed by atoms with Crippen molar-refractivity contribution in [3.8, 4) is 0 Å². The Hall–Kier alpha value is -1.13. The second-order valence-electron chi connectivity index (χ2n) is 2.89. The van der Waals surface area contributed by atoms with E-state index >= 15 is 0 Å². The largest absolute Gasteiger partial charge is 0.469 e. The molecule has 0 fully saturated rings. The number of aromatic nitrogens is 1. The highest BCUT2D eigenvalue weighted by Crippen LogP contribution is 2.20. The van der Waals surface area contributed by atoms with Gasteiger partial charge >= 0.3 is 0 Å². The van der Waals surface area contributed by atoms with E-state index < -0.39 is 0 Å². The van der Waals surface area contributed by atoms with Crippen LogP contribution in [0.25, 0.3) is 0 Å². The summed E-state index contributed by atoms with van der Waals surface area (Å²) in [5.41, 5.74) is 7.83. The summed E-state index contributed by atoms with van der Waals surface area (Å²) in [6, 6.07) is 3.70. The fourth-order valence-electron chi connectivity index (χ4n) is 1.18. The summed E-state index contributed by atoms with van der Waals surface area (Å²) in [5.74, 6) is 0.876. The van der Waals surface area contributed by atoms with Crippen molar-refractivity contribution in [2.75, 3.05) is 0 Å². The monoisotopic (exact) mass is 194 g/mol. The molecule has 1 unspecified atom stereocenters. The van der Waals surface area contributed by atoms with Crippen LogP contribution in [0.4, 0.5) is 0 Å².